The summed E-state index contributed by atoms with van der Waals surface area (Å²) in [6.45, 7) is 4.62. The Morgan fingerprint density at radius 3 is 1.28 bits per heavy atom. The van der Waals surface area contributed by atoms with Gasteiger partial charge in [-0.1, -0.05) is 262 Å². The number of amides is 1. The molecule has 1 amide bonds. The topological polar surface area (TPSA) is 108 Å². The number of hydrogen-bond acceptors (Lipinski definition) is 6. The highest BCUT2D eigenvalue weighted by Gasteiger charge is 2.23. The van der Waals surface area contributed by atoms with Crippen LogP contribution in [0.5, 0.6) is 0 Å². The van der Waals surface area contributed by atoms with Crippen molar-refractivity contribution in [1.29, 1.82) is 0 Å². The number of aliphatic hydroxyl groups is 1. The standard InChI is InChI=1S/C58H113N2O6P/c1-6-8-10-12-14-16-18-20-22-23-24-25-26-27-28-29-30-31-32-33-34-35-36-37-38-39-41-43-45-47-49-51-57(61)56(55-66-67(63,64)65-54-53-60(3,4)5)59-58(62)52-50-48-46-44-42-40-21-19-17-15-13-11-9-7-2/h13,15,19,21,49,51,56-57,61H,6-12,14,16-18,20,22-48,50,52-55H2,1-5H3,(H-,59,62,63,64)/b15-13-,21-19-,51-49+. The van der Waals surface area contributed by atoms with Gasteiger partial charge in [-0.3, -0.25) is 9.36 Å². The molecular formula is C58H113N2O6P. The van der Waals surface area contributed by atoms with Crippen LogP contribution in [0.25, 0.3) is 0 Å². The summed E-state index contributed by atoms with van der Waals surface area (Å²) in [4.78, 5) is 25.4. The van der Waals surface area contributed by atoms with E-state index in [-0.39, 0.29) is 19.1 Å². The summed E-state index contributed by atoms with van der Waals surface area (Å²) < 4.78 is 23.3. The van der Waals surface area contributed by atoms with Crippen molar-refractivity contribution in [2.75, 3.05) is 40.9 Å². The second-order valence-electron chi connectivity index (χ2n) is 21.0. The van der Waals surface area contributed by atoms with Crippen LogP contribution in [0.1, 0.15) is 277 Å². The molecule has 0 saturated heterocycles. The number of carbonyl (C=O) groups excluding carboxylic acids is 1. The molecule has 0 rings (SSSR count). The molecule has 0 aliphatic heterocycles. The second kappa shape index (κ2) is 49.7. The van der Waals surface area contributed by atoms with Crippen molar-refractivity contribution < 1.29 is 32.9 Å². The predicted molar refractivity (Wildman–Crippen MR) is 288 cm³/mol. The molecule has 3 atom stereocenters. The van der Waals surface area contributed by atoms with Crippen LogP contribution in [0.4, 0.5) is 0 Å². The van der Waals surface area contributed by atoms with Gasteiger partial charge in [0.2, 0.25) is 5.91 Å². The number of allylic oxidation sites excluding steroid dienone is 5. The van der Waals surface area contributed by atoms with E-state index >= 15 is 0 Å². The van der Waals surface area contributed by atoms with Crippen LogP contribution in [0.15, 0.2) is 36.5 Å². The number of phosphoric ester groups is 1. The first-order chi connectivity index (χ1) is 32.5. The summed E-state index contributed by atoms with van der Waals surface area (Å²) in [5.74, 6) is -0.210. The smallest absolute Gasteiger partial charge is 0.268 e. The Balaban J connectivity index is 4.08. The molecule has 0 aliphatic rings. The minimum Gasteiger partial charge on any atom is -0.756 e. The Labute approximate surface area is 417 Å². The molecule has 2 N–H and O–H groups in total. The second-order valence-corrected chi connectivity index (χ2v) is 22.4. The molecule has 67 heavy (non-hydrogen) atoms. The molecule has 0 radical (unpaired) electrons. The fourth-order valence-corrected chi connectivity index (χ4v) is 9.25. The van der Waals surface area contributed by atoms with Crippen molar-refractivity contribution >= 4 is 13.7 Å². The van der Waals surface area contributed by atoms with E-state index in [4.69, 9.17) is 9.05 Å². The quantitative estimate of drug-likeness (QED) is 0.0272. The summed E-state index contributed by atoms with van der Waals surface area (Å²) in [7, 11) is 1.26. The van der Waals surface area contributed by atoms with Crippen LogP contribution in [-0.4, -0.2) is 68.5 Å². The third-order valence-corrected chi connectivity index (χ3v) is 14.1. The average molecular weight is 966 g/mol. The maximum atomic E-state index is 12.9. The minimum atomic E-state index is -4.60. The number of aliphatic hydroxyl groups excluding tert-OH is 1. The van der Waals surface area contributed by atoms with Crippen molar-refractivity contribution in [2.24, 2.45) is 0 Å². The van der Waals surface area contributed by atoms with Crippen LogP contribution < -0.4 is 10.2 Å². The molecule has 0 aromatic carbocycles. The maximum Gasteiger partial charge on any atom is 0.268 e. The Hall–Kier alpha value is -1.28. The third-order valence-electron chi connectivity index (χ3n) is 13.1. The fourth-order valence-electron chi connectivity index (χ4n) is 8.52. The highest BCUT2D eigenvalue weighted by atomic mass is 31.2. The lowest BCUT2D eigenvalue weighted by molar-refractivity contribution is -0.870. The molecule has 8 nitrogen and oxygen atoms in total. The molecule has 0 aromatic rings. The first-order valence-electron chi connectivity index (χ1n) is 28.9. The van der Waals surface area contributed by atoms with Gasteiger partial charge in [0.05, 0.1) is 39.9 Å². The summed E-state index contributed by atoms with van der Waals surface area (Å²) in [5, 5.41) is 13.9. The van der Waals surface area contributed by atoms with E-state index in [0.717, 1.165) is 64.2 Å². The van der Waals surface area contributed by atoms with Gasteiger partial charge in [0.25, 0.3) is 7.82 Å². The molecule has 0 aliphatic carbocycles. The summed E-state index contributed by atoms with van der Waals surface area (Å²) >= 11 is 0. The van der Waals surface area contributed by atoms with E-state index in [9.17, 15) is 19.4 Å². The number of carbonyl (C=O) groups is 1. The monoisotopic (exact) mass is 965 g/mol. The summed E-state index contributed by atoms with van der Waals surface area (Å²) in [6, 6.07) is -0.894. The zero-order valence-electron chi connectivity index (χ0n) is 45.1. The Kier molecular flexibility index (Phi) is 48.7. The molecule has 396 valence electrons. The molecule has 9 heteroatoms. The first kappa shape index (κ1) is 65.7. The van der Waals surface area contributed by atoms with Gasteiger partial charge in [-0.2, -0.15) is 0 Å². The van der Waals surface area contributed by atoms with Gasteiger partial charge in [0, 0.05) is 6.42 Å². The summed E-state index contributed by atoms with van der Waals surface area (Å²) in [5.41, 5.74) is 0. The van der Waals surface area contributed by atoms with Crippen molar-refractivity contribution in [1.82, 2.24) is 5.32 Å². The van der Waals surface area contributed by atoms with Gasteiger partial charge in [-0.25, -0.2) is 0 Å². The Morgan fingerprint density at radius 1 is 0.522 bits per heavy atom. The lowest BCUT2D eigenvalue weighted by Gasteiger charge is -2.29. The van der Waals surface area contributed by atoms with Crippen molar-refractivity contribution in [3.63, 3.8) is 0 Å². The largest absolute Gasteiger partial charge is 0.756 e. The zero-order valence-corrected chi connectivity index (χ0v) is 46.0. The fraction of sp³-hybridized carbons (Fsp3) is 0.879. The molecule has 0 saturated carbocycles. The summed E-state index contributed by atoms with van der Waals surface area (Å²) in [6.07, 6.45) is 63.8. The van der Waals surface area contributed by atoms with Crippen molar-refractivity contribution in [2.45, 2.75) is 289 Å². The molecule has 0 aromatic heterocycles. The highest BCUT2D eigenvalue weighted by molar-refractivity contribution is 7.45. The van der Waals surface area contributed by atoms with Gasteiger partial charge >= 0.3 is 0 Å². The van der Waals surface area contributed by atoms with E-state index in [2.05, 4.69) is 43.5 Å². The number of hydrogen-bond donors (Lipinski definition) is 2. The van der Waals surface area contributed by atoms with E-state index in [1.807, 2.05) is 27.2 Å². The molecular weight excluding hydrogens is 852 g/mol. The predicted octanol–water partition coefficient (Wildman–Crippen LogP) is 16.7. The zero-order chi connectivity index (χ0) is 49.2. The van der Waals surface area contributed by atoms with E-state index in [1.54, 1.807) is 6.08 Å². The number of rotatable bonds is 53. The number of likely N-dealkylation sites (N-methyl/N-ethyl adjacent to an activating group) is 1. The van der Waals surface area contributed by atoms with Crippen LogP contribution in [0, 0.1) is 0 Å². The van der Waals surface area contributed by atoms with Crippen LogP contribution in [-0.2, 0) is 18.4 Å². The average Bonchev–Trinajstić information content (AvgIpc) is 3.29. The molecule has 3 unspecified atom stereocenters. The lowest BCUT2D eigenvalue weighted by Crippen LogP contribution is -2.45. The minimum absolute atomic E-state index is 0.00377. The number of unbranched alkanes of at least 4 members (excludes halogenated alkanes) is 36. The Bertz CT molecular complexity index is 1190. The number of phosphoric acid groups is 1. The SMILES string of the molecule is CCCC/C=C\C/C=C\CCCCCCCC(=O)NC(COP(=O)([O-])OCC[N+](C)(C)C)C(O)/C=C/CCCCCCCCCCCCCCCCCCCCCCCCCCCCCCC. The van der Waals surface area contributed by atoms with E-state index in [0.29, 0.717) is 17.4 Å². The molecule has 0 bridgehead atoms. The molecule has 0 heterocycles. The molecule has 0 spiro atoms. The van der Waals surface area contributed by atoms with Gasteiger partial charge in [-0.15, -0.1) is 0 Å². The Morgan fingerprint density at radius 2 is 0.881 bits per heavy atom. The normalized spacial score (nSPS) is 14.2. The van der Waals surface area contributed by atoms with Crippen LogP contribution >= 0.6 is 7.82 Å². The van der Waals surface area contributed by atoms with Gasteiger partial charge < -0.3 is 28.8 Å². The van der Waals surface area contributed by atoms with E-state index in [1.165, 1.54) is 193 Å². The van der Waals surface area contributed by atoms with Crippen LogP contribution in [0.2, 0.25) is 0 Å². The number of quaternary nitrogens is 1. The maximum absolute atomic E-state index is 12.9. The van der Waals surface area contributed by atoms with Crippen LogP contribution in [0.3, 0.4) is 0 Å². The number of nitrogens with zero attached hydrogens (tertiary/aromatic N) is 1. The van der Waals surface area contributed by atoms with Gasteiger partial charge in [0.1, 0.15) is 13.2 Å². The van der Waals surface area contributed by atoms with Gasteiger partial charge in [-0.05, 0) is 44.9 Å². The lowest BCUT2D eigenvalue weighted by atomic mass is 10.0. The third kappa shape index (κ3) is 52.4. The van der Waals surface area contributed by atoms with Crippen molar-refractivity contribution in [3.05, 3.63) is 36.5 Å². The van der Waals surface area contributed by atoms with Gasteiger partial charge in [0.15, 0.2) is 0 Å². The molecule has 0 fully saturated rings. The van der Waals surface area contributed by atoms with Crippen molar-refractivity contribution in [3.8, 4) is 0 Å². The number of nitrogens with one attached hydrogen (secondary N) is 1. The first-order valence-corrected chi connectivity index (χ1v) is 30.3. The highest BCUT2D eigenvalue weighted by Crippen LogP contribution is 2.38. The van der Waals surface area contributed by atoms with E-state index < -0.39 is 20.0 Å².